The van der Waals surface area contributed by atoms with Crippen LogP contribution in [-0.4, -0.2) is 10.8 Å². The molecule has 0 N–H and O–H groups in total. The van der Waals surface area contributed by atoms with Gasteiger partial charge in [0, 0.05) is 10.7 Å². The summed E-state index contributed by atoms with van der Waals surface area (Å²) < 4.78 is 0.980. The van der Waals surface area contributed by atoms with Crippen molar-refractivity contribution >= 4 is 21.8 Å². The first-order valence-electron chi connectivity index (χ1n) is 4.48. The highest BCUT2D eigenvalue weighted by Crippen LogP contribution is 2.17. The normalized spacial score (nSPS) is 9.40. The fourth-order valence-corrected chi connectivity index (χ4v) is 1.57. The number of halogens is 1. The van der Waals surface area contributed by atoms with Gasteiger partial charge in [0.05, 0.1) is 6.54 Å². The number of carbonyl (C=O) groups is 1. The van der Waals surface area contributed by atoms with Gasteiger partial charge in [-0.1, -0.05) is 47.3 Å². The van der Waals surface area contributed by atoms with E-state index in [1.807, 2.05) is 24.3 Å². The molecule has 1 aromatic rings. The van der Waals surface area contributed by atoms with Crippen LogP contribution in [0.4, 0.5) is 0 Å². The van der Waals surface area contributed by atoms with E-state index >= 15 is 0 Å². The van der Waals surface area contributed by atoms with Crippen LogP contribution in [0.5, 0.6) is 0 Å². The zero-order valence-corrected chi connectivity index (χ0v) is 9.90. The van der Waals surface area contributed by atoms with Crippen LogP contribution in [0.2, 0.25) is 0 Å². The fraction of sp³-hybridized carbons (Fsp3) is 0.0833. The summed E-state index contributed by atoms with van der Waals surface area (Å²) in [5.41, 5.74) is 1.03. The third kappa shape index (κ3) is 3.06. The summed E-state index contributed by atoms with van der Waals surface area (Å²) in [5.74, 6) is -0.152. The molecule has 0 fully saturated rings. The molecule has 15 heavy (non-hydrogen) atoms. The van der Waals surface area contributed by atoms with E-state index in [2.05, 4.69) is 29.1 Å². The molecule has 1 rings (SSSR count). The SMILES string of the molecule is C=CC(=O)N(C=C)Cc1ccccc1Br. The molecular weight excluding hydrogens is 254 g/mol. The lowest BCUT2D eigenvalue weighted by Gasteiger charge is -2.16. The van der Waals surface area contributed by atoms with Gasteiger partial charge in [-0.05, 0) is 17.7 Å². The number of benzene rings is 1. The molecule has 0 aliphatic carbocycles. The number of nitrogens with zero attached hydrogens (tertiary/aromatic N) is 1. The Labute approximate surface area is 98.0 Å². The average Bonchev–Trinajstić information content (AvgIpc) is 2.27. The van der Waals surface area contributed by atoms with E-state index in [-0.39, 0.29) is 5.91 Å². The summed E-state index contributed by atoms with van der Waals surface area (Å²) in [5, 5.41) is 0. The molecule has 1 amide bonds. The lowest BCUT2D eigenvalue weighted by molar-refractivity contribution is -0.124. The first-order chi connectivity index (χ1) is 7.19. The van der Waals surface area contributed by atoms with E-state index in [4.69, 9.17) is 0 Å². The van der Waals surface area contributed by atoms with Crippen molar-refractivity contribution in [1.82, 2.24) is 4.90 Å². The second-order valence-corrected chi connectivity index (χ2v) is 3.80. The molecule has 0 bridgehead atoms. The van der Waals surface area contributed by atoms with E-state index in [9.17, 15) is 4.79 Å². The molecule has 78 valence electrons. The van der Waals surface area contributed by atoms with E-state index in [1.165, 1.54) is 17.2 Å². The predicted octanol–water partition coefficient (Wildman–Crippen LogP) is 3.11. The molecule has 0 unspecified atom stereocenters. The van der Waals surface area contributed by atoms with Crippen molar-refractivity contribution in [3.63, 3.8) is 0 Å². The lowest BCUT2D eigenvalue weighted by Crippen LogP contribution is -2.22. The third-order valence-corrected chi connectivity index (χ3v) is 2.75. The van der Waals surface area contributed by atoms with E-state index in [1.54, 1.807) is 0 Å². The Bertz CT molecular complexity index is 387. The van der Waals surface area contributed by atoms with Gasteiger partial charge >= 0.3 is 0 Å². The van der Waals surface area contributed by atoms with Gasteiger partial charge in [0.25, 0.3) is 0 Å². The first kappa shape index (κ1) is 11.7. The average molecular weight is 266 g/mol. The van der Waals surface area contributed by atoms with Crippen molar-refractivity contribution < 1.29 is 4.79 Å². The maximum atomic E-state index is 11.4. The molecule has 1 aromatic carbocycles. The maximum Gasteiger partial charge on any atom is 0.250 e. The van der Waals surface area contributed by atoms with Crippen LogP contribution in [0, 0.1) is 0 Å². The summed E-state index contributed by atoms with van der Waals surface area (Å²) in [4.78, 5) is 12.9. The standard InChI is InChI=1S/C12H12BrNO/c1-3-12(15)14(4-2)9-10-7-5-6-8-11(10)13/h3-8H,1-2,9H2. The van der Waals surface area contributed by atoms with Crippen molar-refractivity contribution in [2.24, 2.45) is 0 Å². The Morgan fingerprint density at radius 1 is 1.40 bits per heavy atom. The van der Waals surface area contributed by atoms with Gasteiger partial charge in [-0.3, -0.25) is 4.79 Å². The summed E-state index contributed by atoms with van der Waals surface area (Å²) in [6, 6.07) is 7.76. The number of rotatable bonds is 4. The number of carbonyl (C=O) groups excluding carboxylic acids is 1. The van der Waals surface area contributed by atoms with Gasteiger partial charge in [0.1, 0.15) is 0 Å². The minimum absolute atomic E-state index is 0.152. The number of hydrogen-bond acceptors (Lipinski definition) is 1. The molecule has 2 nitrogen and oxygen atoms in total. The highest BCUT2D eigenvalue weighted by molar-refractivity contribution is 9.10. The smallest absolute Gasteiger partial charge is 0.250 e. The Kier molecular flexibility index (Phi) is 4.31. The summed E-state index contributed by atoms with van der Waals surface area (Å²) in [6.45, 7) is 7.54. The van der Waals surface area contributed by atoms with E-state index < -0.39 is 0 Å². The molecule has 0 spiro atoms. The molecule has 0 saturated heterocycles. The number of hydrogen-bond donors (Lipinski definition) is 0. The monoisotopic (exact) mass is 265 g/mol. The highest BCUT2D eigenvalue weighted by atomic mass is 79.9. The van der Waals surface area contributed by atoms with Crippen molar-refractivity contribution in [2.75, 3.05) is 0 Å². The zero-order chi connectivity index (χ0) is 11.3. The van der Waals surface area contributed by atoms with E-state index in [0.717, 1.165) is 10.0 Å². The molecule has 0 saturated carbocycles. The van der Waals surface area contributed by atoms with Crippen molar-refractivity contribution in [1.29, 1.82) is 0 Å². The molecule has 3 heteroatoms. The zero-order valence-electron chi connectivity index (χ0n) is 8.32. The van der Waals surface area contributed by atoms with Crippen LogP contribution in [0.25, 0.3) is 0 Å². The molecule has 0 radical (unpaired) electrons. The third-order valence-electron chi connectivity index (χ3n) is 1.98. The maximum absolute atomic E-state index is 11.4. The summed E-state index contributed by atoms with van der Waals surface area (Å²) in [6.07, 6.45) is 2.78. The molecule has 0 aromatic heterocycles. The van der Waals surface area contributed by atoms with Crippen molar-refractivity contribution in [2.45, 2.75) is 6.54 Å². The molecule has 0 atom stereocenters. The van der Waals surface area contributed by atoms with E-state index in [0.29, 0.717) is 6.54 Å². The molecule has 0 aliphatic heterocycles. The van der Waals surface area contributed by atoms with Crippen LogP contribution in [0.3, 0.4) is 0 Å². The number of amides is 1. The van der Waals surface area contributed by atoms with Gasteiger partial charge in [-0.15, -0.1) is 0 Å². The van der Waals surface area contributed by atoms with Crippen LogP contribution in [-0.2, 0) is 11.3 Å². The molecule has 0 heterocycles. The van der Waals surface area contributed by atoms with Gasteiger partial charge in [0.15, 0.2) is 0 Å². The van der Waals surface area contributed by atoms with Crippen LogP contribution in [0.15, 0.2) is 54.2 Å². The van der Waals surface area contributed by atoms with Crippen molar-refractivity contribution in [3.8, 4) is 0 Å². The summed E-state index contributed by atoms with van der Waals surface area (Å²) >= 11 is 3.43. The summed E-state index contributed by atoms with van der Waals surface area (Å²) in [7, 11) is 0. The minimum atomic E-state index is -0.152. The second kappa shape index (κ2) is 5.51. The minimum Gasteiger partial charge on any atom is -0.312 e. The first-order valence-corrected chi connectivity index (χ1v) is 5.27. The van der Waals surface area contributed by atoms with Gasteiger partial charge in [-0.2, -0.15) is 0 Å². The highest BCUT2D eigenvalue weighted by Gasteiger charge is 2.08. The van der Waals surface area contributed by atoms with Gasteiger partial charge < -0.3 is 4.90 Å². The Morgan fingerprint density at radius 3 is 2.60 bits per heavy atom. The Morgan fingerprint density at radius 2 is 2.07 bits per heavy atom. The fourth-order valence-electron chi connectivity index (χ4n) is 1.16. The van der Waals surface area contributed by atoms with Gasteiger partial charge in [0.2, 0.25) is 5.91 Å². The topological polar surface area (TPSA) is 20.3 Å². The molecule has 0 aliphatic rings. The van der Waals surface area contributed by atoms with Crippen LogP contribution >= 0.6 is 15.9 Å². The predicted molar refractivity (Wildman–Crippen MR) is 65.1 cm³/mol. The quantitative estimate of drug-likeness (QED) is 0.767. The Hall–Kier alpha value is -1.35. The van der Waals surface area contributed by atoms with Crippen LogP contribution < -0.4 is 0 Å². The Balaban J connectivity index is 2.84. The second-order valence-electron chi connectivity index (χ2n) is 2.94. The lowest BCUT2D eigenvalue weighted by atomic mass is 10.2. The largest absolute Gasteiger partial charge is 0.312 e. The van der Waals surface area contributed by atoms with Crippen molar-refractivity contribution in [3.05, 3.63) is 59.7 Å². The van der Waals surface area contributed by atoms with Gasteiger partial charge in [-0.25, -0.2) is 0 Å². The molecular formula is C12H12BrNO. The van der Waals surface area contributed by atoms with Crippen LogP contribution in [0.1, 0.15) is 5.56 Å².